The van der Waals surface area contributed by atoms with Crippen LogP contribution in [0.5, 0.6) is 5.75 Å². The number of para-hydroxylation sites is 1. The molecule has 10 rings (SSSR count). The molecule has 0 radical (unpaired) electrons. The fourth-order valence-corrected chi connectivity index (χ4v) is 10.4. The van der Waals surface area contributed by atoms with E-state index in [-0.39, 0.29) is 43.1 Å². The normalized spacial score (nSPS) is 13.4. The number of benzene rings is 7. The van der Waals surface area contributed by atoms with Crippen LogP contribution in [0.15, 0.2) is 170 Å². The van der Waals surface area contributed by atoms with Crippen molar-refractivity contribution in [2.24, 2.45) is 5.92 Å². The van der Waals surface area contributed by atoms with Gasteiger partial charge >= 0.3 is 0 Å². The van der Waals surface area contributed by atoms with Crippen LogP contribution in [0.1, 0.15) is 109 Å². The molecule has 0 atom stereocenters. The third-order valence-electron chi connectivity index (χ3n) is 14.7. The number of aromatic hydroxyl groups is 1. The van der Waals surface area contributed by atoms with Gasteiger partial charge in [0.1, 0.15) is 11.6 Å². The van der Waals surface area contributed by atoms with Crippen LogP contribution >= 0.6 is 0 Å². The van der Waals surface area contributed by atoms with Gasteiger partial charge in [-0.05, 0) is 98.5 Å². The molecule has 2 aromatic heterocycles. The molecule has 0 saturated heterocycles. The molecule has 5 heteroatoms. The minimum absolute atomic E-state index is 0. The van der Waals surface area contributed by atoms with Gasteiger partial charge in [0.05, 0.1) is 22.3 Å². The Morgan fingerprint density at radius 1 is 0.557 bits per heavy atom. The van der Waals surface area contributed by atoms with Crippen molar-refractivity contribution in [1.29, 1.82) is 0 Å². The molecule has 1 aliphatic rings. The third-order valence-corrected chi connectivity index (χ3v) is 14.7. The van der Waals surface area contributed by atoms with Gasteiger partial charge in [0.2, 0.25) is 0 Å². The molecule has 0 aliphatic heterocycles. The van der Waals surface area contributed by atoms with Crippen LogP contribution in [0.25, 0.3) is 72.7 Å². The molecule has 0 amide bonds. The van der Waals surface area contributed by atoms with Gasteiger partial charge < -0.3 is 5.11 Å². The smallest absolute Gasteiger partial charge is 0.148 e. The quantitative estimate of drug-likeness (QED) is 0.139. The Morgan fingerprint density at radius 3 is 1.91 bits per heavy atom. The van der Waals surface area contributed by atoms with E-state index in [4.69, 9.17) is 9.97 Å². The Kier molecular flexibility index (Phi) is 13.5. The van der Waals surface area contributed by atoms with Crippen molar-refractivity contribution in [3.8, 4) is 67.5 Å². The van der Waals surface area contributed by atoms with Gasteiger partial charge in [0, 0.05) is 43.9 Å². The van der Waals surface area contributed by atoms with Gasteiger partial charge in [-0.25, -0.2) is 4.98 Å². The summed E-state index contributed by atoms with van der Waals surface area (Å²) in [6.07, 6.45) is 8.23. The van der Waals surface area contributed by atoms with Crippen LogP contribution in [0.2, 0.25) is 0 Å². The molecule has 1 saturated carbocycles. The average Bonchev–Trinajstić information content (AvgIpc) is 4.02. The summed E-state index contributed by atoms with van der Waals surface area (Å²) in [5.74, 6) is 1.61. The Morgan fingerprint density at radius 2 is 1.21 bits per heavy atom. The average molecular weight is 1100 g/mol. The summed E-state index contributed by atoms with van der Waals surface area (Å²) in [4.78, 5) is 10.6. The largest absolute Gasteiger partial charge is 0.507 e. The number of hydrogen-bond acceptors (Lipinski definition) is 3. The van der Waals surface area contributed by atoms with Gasteiger partial charge in [0.25, 0.3) is 0 Å². The number of nitrogens with zero attached hydrogens (tertiary/aromatic N) is 3. The van der Waals surface area contributed by atoms with E-state index in [2.05, 4.69) is 218 Å². The van der Waals surface area contributed by atoms with E-state index < -0.39 is 0 Å². The summed E-state index contributed by atoms with van der Waals surface area (Å²) >= 11 is 0. The first-order valence-corrected chi connectivity index (χ1v) is 24.9. The SMILES string of the molecule is CC(C)(C)c1cc(-c2cc(-c3ccc(C(C)(C)c4ccccc4)cc3)ccn2)[c-]c(-c2cccc3c2nc(-c2cc(C(C)(C)C)ccc2O)n3-c2ccc(CC3CCCC3)cc2-c2ccccc2)c1.[Pt]. The van der Waals surface area contributed by atoms with E-state index in [9.17, 15) is 5.11 Å². The van der Waals surface area contributed by atoms with Crippen molar-refractivity contribution < 1.29 is 26.2 Å². The minimum atomic E-state index is -0.167. The summed E-state index contributed by atoms with van der Waals surface area (Å²) in [5.41, 5.74) is 17.6. The van der Waals surface area contributed by atoms with Crippen molar-refractivity contribution >= 4 is 11.0 Å². The maximum atomic E-state index is 11.8. The molecule has 1 aliphatic carbocycles. The van der Waals surface area contributed by atoms with Crippen LogP contribution < -0.4 is 0 Å². The molecular formula is C65H64N3OPt-. The molecule has 1 fully saturated rings. The van der Waals surface area contributed by atoms with E-state index in [0.29, 0.717) is 11.4 Å². The van der Waals surface area contributed by atoms with Gasteiger partial charge in [-0.3, -0.25) is 9.55 Å². The van der Waals surface area contributed by atoms with Crippen LogP contribution in [0.3, 0.4) is 0 Å². The first kappa shape index (κ1) is 48.7. The molecule has 4 nitrogen and oxygen atoms in total. The number of hydrogen-bond donors (Lipinski definition) is 1. The topological polar surface area (TPSA) is 50.9 Å². The van der Waals surface area contributed by atoms with Gasteiger partial charge in [0.15, 0.2) is 0 Å². The molecule has 7 aromatic carbocycles. The maximum Gasteiger partial charge on any atom is 0.148 e. The fraction of sp³-hybridized carbons (Fsp3) is 0.262. The number of pyridine rings is 1. The molecule has 0 unspecified atom stereocenters. The van der Waals surface area contributed by atoms with Crippen LogP contribution in [-0.2, 0) is 43.7 Å². The summed E-state index contributed by atoms with van der Waals surface area (Å²) in [7, 11) is 0. The molecule has 9 aromatic rings. The first-order chi connectivity index (χ1) is 33.1. The first-order valence-electron chi connectivity index (χ1n) is 24.9. The van der Waals surface area contributed by atoms with E-state index in [0.717, 1.165) is 79.3 Å². The van der Waals surface area contributed by atoms with Gasteiger partial charge in [-0.2, -0.15) is 0 Å². The van der Waals surface area contributed by atoms with E-state index in [1.807, 2.05) is 18.3 Å². The Labute approximate surface area is 430 Å². The molecular weight excluding hydrogens is 1030 g/mol. The van der Waals surface area contributed by atoms with Crippen molar-refractivity contribution in [1.82, 2.24) is 14.5 Å². The van der Waals surface area contributed by atoms with Gasteiger partial charge in [-0.1, -0.05) is 207 Å². The van der Waals surface area contributed by atoms with Crippen LogP contribution in [0, 0.1) is 12.0 Å². The number of rotatable bonds is 10. The zero-order chi connectivity index (χ0) is 48.1. The zero-order valence-corrected chi connectivity index (χ0v) is 44.2. The number of phenolic OH excluding ortho intramolecular Hbond substituents is 1. The molecule has 0 spiro atoms. The second-order valence-corrected chi connectivity index (χ2v) is 21.9. The Hall–Kier alpha value is -6.35. The van der Waals surface area contributed by atoms with Crippen molar-refractivity contribution in [2.75, 3.05) is 0 Å². The van der Waals surface area contributed by atoms with Crippen molar-refractivity contribution in [2.45, 2.75) is 104 Å². The van der Waals surface area contributed by atoms with Crippen molar-refractivity contribution in [3.05, 3.63) is 204 Å². The second kappa shape index (κ2) is 19.4. The molecule has 2 heterocycles. The molecule has 1 N–H and O–H groups in total. The van der Waals surface area contributed by atoms with Crippen LogP contribution in [-0.4, -0.2) is 19.6 Å². The summed E-state index contributed by atoms with van der Waals surface area (Å²) in [6, 6.07) is 62.6. The number of imidazole rings is 1. The van der Waals surface area contributed by atoms with Gasteiger partial charge in [-0.15, -0.1) is 29.3 Å². The Bertz CT molecular complexity index is 3290. The molecule has 70 heavy (non-hydrogen) atoms. The fourth-order valence-electron chi connectivity index (χ4n) is 10.4. The number of phenols is 1. The Balaban J connectivity index is 0.00000608. The number of fused-ring (bicyclic) bond motifs is 1. The van der Waals surface area contributed by atoms with Crippen LogP contribution in [0.4, 0.5) is 0 Å². The minimum Gasteiger partial charge on any atom is -0.507 e. The summed E-state index contributed by atoms with van der Waals surface area (Å²) in [6.45, 7) is 18.0. The molecule has 356 valence electrons. The third kappa shape index (κ3) is 9.73. The standard InChI is InChI=1S/C65H64N3O.Pt/c1-63(2,3)52-31-33-60(69)56(42-52)62-67-61-54(24-17-25-59(61)68(62)58-32-26-44(36-43-18-15-16-19-43)37-55(58)46-20-11-9-12-21-46)48-38-49(40-53(39-48)64(4,5)6)57-41-47(34-35-66-57)45-27-29-51(30-28-45)65(7,8)50-22-13-10-14-23-50;/h9-14,17,20-35,37,39-43,69H,15-16,18-19,36H2,1-8H3;/q-1;. The van der Waals surface area contributed by atoms with E-state index >= 15 is 0 Å². The monoisotopic (exact) mass is 1100 g/mol. The predicted molar refractivity (Wildman–Crippen MR) is 288 cm³/mol. The summed E-state index contributed by atoms with van der Waals surface area (Å²) < 4.78 is 2.29. The number of aromatic nitrogens is 3. The van der Waals surface area contributed by atoms with Crippen molar-refractivity contribution in [3.63, 3.8) is 0 Å². The predicted octanol–water partition coefficient (Wildman–Crippen LogP) is 16.9. The summed E-state index contributed by atoms with van der Waals surface area (Å²) in [5, 5.41) is 11.8. The zero-order valence-electron chi connectivity index (χ0n) is 41.9. The second-order valence-electron chi connectivity index (χ2n) is 21.9. The molecule has 0 bridgehead atoms. The maximum absolute atomic E-state index is 11.8. The van der Waals surface area contributed by atoms with E-state index in [1.165, 1.54) is 47.9 Å². The van der Waals surface area contributed by atoms with E-state index in [1.54, 1.807) is 0 Å².